The standard InChI is InChI=1S/C18H23ClN4O/c1-14-7-9-22(10-8-14)15(2)18(24,11-23-13-20-12-21-23)16-3-5-17(19)6-4-16/h3-6,12-13,15,24H,1,7-11H2,2H3/t15-,18-/m1/s1. The highest BCUT2D eigenvalue weighted by molar-refractivity contribution is 6.30. The molecule has 24 heavy (non-hydrogen) atoms. The number of benzene rings is 1. The molecule has 1 aliphatic rings. The maximum absolute atomic E-state index is 11.6. The smallest absolute Gasteiger partial charge is 0.137 e. The quantitative estimate of drug-likeness (QED) is 0.846. The number of aliphatic hydroxyl groups is 1. The average molecular weight is 347 g/mol. The third-order valence-corrected chi connectivity index (χ3v) is 5.21. The van der Waals surface area contributed by atoms with Crippen molar-refractivity contribution in [2.24, 2.45) is 0 Å². The van der Waals surface area contributed by atoms with Crippen molar-refractivity contribution in [2.75, 3.05) is 13.1 Å². The molecule has 3 rings (SSSR count). The molecule has 0 saturated carbocycles. The van der Waals surface area contributed by atoms with Crippen LogP contribution in [0, 0.1) is 0 Å². The first kappa shape index (κ1) is 17.1. The van der Waals surface area contributed by atoms with Crippen LogP contribution >= 0.6 is 11.6 Å². The van der Waals surface area contributed by atoms with E-state index < -0.39 is 5.60 Å². The zero-order chi connectivity index (χ0) is 17.2. The van der Waals surface area contributed by atoms with Crippen molar-refractivity contribution in [1.29, 1.82) is 0 Å². The maximum Gasteiger partial charge on any atom is 0.137 e. The molecule has 1 N–H and O–H groups in total. The topological polar surface area (TPSA) is 54.2 Å². The van der Waals surface area contributed by atoms with E-state index in [1.807, 2.05) is 24.3 Å². The van der Waals surface area contributed by atoms with E-state index in [1.165, 1.54) is 11.9 Å². The number of likely N-dealkylation sites (tertiary alicyclic amines) is 1. The zero-order valence-electron chi connectivity index (χ0n) is 13.9. The third-order valence-electron chi connectivity index (χ3n) is 4.96. The second kappa shape index (κ2) is 7.05. The molecule has 0 spiro atoms. The van der Waals surface area contributed by atoms with Crippen molar-refractivity contribution >= 4 is 11.6 Å². The van der Waals surface area contributed by atoms with Crippen molar-refractivity contribution in [2.45, 2.75) is 38.0 Å². The summed E-state index contributed by atoms with van der Waals surface area (Å²) in [5, 5.41) is 16.5. The van der Waals surface area contributed by atoms with Gasteiger partial charge in [-0.3, -0.25) is 4.90 Å². The first-order chi connectivity index (χ1) is 11.5. The van der Waals surface area contributed by atoms with Crippen LogP contribution in [0.1, 0.15) is 25.3 Å². The van der Waals surface area contributed by atoms with Gasteiger partial charge in [0.25, 0.3) is 0 Å². The fourth-order valence-electron chi connectivity index (χ4n) is 3.29. The zero-order valence-corrected chi connectivity index (χ0v) is 14.7. The predicted octanol–water partition coefficient (Wildman–Crippen LogP) is 2.86. The molecule has 0 bridgehead atoms. The van der Waals surface area contributed by atoms with Gasteiger partial charge < -0.3 is 5.11 Å². The van der Waals surface area contributed by atoms with Gasteiger partial charge in [-0.1, -0.05) is 35.9 Å². The molecule has 0 amide bonds. The van der Waals surface area contributed by atoms with Gasteiger partial charge in [-0.05, 0) is 37.5 Å². The first-order valence-corrected chi connectivity index (χ1v) is 8.58. The SMILES string of the molecule is C=C1CCN([C@H](C)[C@](O)(Cn2cncn2)c2ccc(Cl)cc2)CC1. The Morgan fingerprint density at radius 3 is 2.54 bits per heavy atom. The van der Waals surface area contributed by atoms with Crippen LogP contribution in [0.5, 0.6) is 0 Å². The molecule has 128 valence electrons. The molecule has 1 aromatic heterocycles. The molecule has 0 unspecified atom stereocenters. The molecule has 1 aliphatic heterocycles. The van der Waals surface area contributed by atoms with E-state index in [9.17, 15) is 5.11 Å². The summed E-state index contributed by atoms with van der Waals surface area (Å²) in [5.41, 5.74) is 1.03. The Bertz CT molecular complexity index is 676. The van der Waals surface area contributed by atoms with Crippen LogP contribution in [0.2, 0.25) is 5.02 Å². The van der Waals surface area contributed by atoms with Crippen LogP contribution in [-0.4, -0.2) is 43.9 Å². The van der Waals surface area contributed by atoms with Crippen LogP contribution in [0.3, 0.4) is 0 Å². The Morgan fingerprint density at radius 2 is 1.96 bits per heavy atom. The number of halogens is 1. The molecule has 6 heteroatoms. The van der Waals surface area contributed by atoms with Crippen molar-refractivity contribution in [3.8, 4) is 0 Å². The van der Waals surface area contributed by atoms with Crippen LogP contribution in [0.25, 0.3) is 0 Å². The lowest BCUT2D eigenvalue weighted by atomic mass is 9.85. The normalized spacial score (nSPS) is 19.9. The Balaban J connectivity index is 1.91. The highest BCUT2D eigenvalue weighted by atomic mass is 35.5. The number of aromatic nitrogens is 3. The van der Waals surface area contributed by atoms with E-state index in [0.29, 0.717) is 11.6 Å². The fraction of sp³-hybridized carbons (Fsp3) is 0.444. The minimum Gasteiger partial charge on any atom is -0.382 e. The van der Waals surface area contributed by atoms with Crippen molar-refractivity contribution in [1.82, 2.24) is 19.7 Å². The number of nitrogens with zero attached hydrogens (tertiary/aromatic N) is 4. The molecule has 2 atom stereocenters. The molecule has 2 heterocycles. The Morgan fingerprint density at radius 1 is 1.29 bits per heavy atom. The van der Waals surface area contributed by atoms with Gasteiger partial charge in [0.15, 0.2) is 0 Å². The lowest BCUT2D eigenvalue weighted by Crippen LogP contribution is -2.53. The van der Waals surface area contributed by atoms with Gasteiger partial charge >= 0.3 is 0 Å². The van der Waals surface area contributed by atoms with E-state index in [4.69, 9.17) is 11.6 Å². The first-order valence-electron chi connectivity index (χ1n) is 8.20. The molecular weight excluding hydrogens is 324 g/mol. The van der Waals surface area contributed by atoms with Crippen LogP contribution in [0.4, 0.5) is 0 Å². The second-order valence-electron chi connectivity index (χ2n) is 6.49. The van der Waals surface area contributed by atoms with Crippen molar-refractivity contribution in [3.05, 3.63) is 59.7 Å². The summed E-state index contributed by atoms with van der Waals surface area (Å²) in [4.78, 5) is 6.31. The average Bonchev–Trinajstić information content (AvgIpc) is 3.08. The molecule has 0 radical (unpaired) electrons. The maximum atomic E-state index is 11.6. The van der Waals surface area contributed by atoms with Gasteiger partial charge in [-0.2, -0.15) is 5.10 Å². The van der Waals surface area contributed by atoms with Crippen LogP contribution in [-0.2, 0) is 12.1 Å². The highest BCUT2D eigenvalue weighted by Gasteiger charge is 2.40. The number of hydrogen-bond acceptors (Lipinski definition) is 4. The molecule has 5 nitrogen and oxygen atoms in total. The van der Waals surface area contributed by atoms with Gasteiger partial charge in [0.2, 0.25) is 0 Å². The minimum absolute atomic E-state index is 0.0732. The van der Waals surface area contributed by atoms with Crippen molar-refractivity contribution in [3.63, 3.8) is 0 Å². The third kappa shape index (κ3) is 3.53. The molecule has 1 saturated heterocycles. The Kier molecular flexibility index (Phi) is 5.04. The van der Waals surface area contributed by atoms with Crippen LogP contribution in [0.15, 0.2) is 49.1 Å². The largest absolute Gasteiger partial charge is 0.382 e. The number of rotatable bonds is 5. The van der Waals surface area contributed by atoms with Crippen molar-refractivity contribution < 1.29 is 5.11 Å². The summed E-state index contributed by atoms with van der Waals surface area (Å²) in [5.74, 6) is 0. The summed E-state index contributed by atoms with van der Waals surface area (Å²) in [7, 11) is 0. The second-order valence-corrected chi connectivity index (χ2v) is 6.92. The van der Waals surface area contributed by atoms with Gasteiger partial charge in [-0.25, -0.2) is 9.67 Å². The van der Waals surface area contributed by atoms with E-state index >= 15 is 0 Å². The van der Waals surface area contributed by atoms with Gasteiger partial charge in [0.1, 0.15) is 18.3 Å². The lowest BCUT2D eigenvalue weighted by molar-refractivity contribution is -0.0634. The summed E-state index contributed by atoms with van der Waals surface area (Å²) >= 11 is 6.02. The number of hydrogen-bond donors (Lipinski definition) is 1. The van der Waals surface area contributed by atoms with Crippen LogP contribution < -0.4 is 0 Å². The molecular formula is C18H23ClN4O. The molecule has 1 aromatic carbocycles. The lowest BCUT2D eigenvalue weighted by Gasteiger charge is -2.43. The van der Waals surface area contributed by atoms with E-state index in [0.717, 1.165) is 31.5 Å². The van der Waals surface area contributed by atoms with Gasteiger partial charge in [0.05, 0.1) is 6.54 Å². The summed E-state index contributed by atoms with van der Waals surface area (Å²) in [6, 6.07) is 7.33. The predicted molar refractivity (Wildman–Crippen MR) is 94.8 cm³/mol. The van der Waals surface area contributed by atoms with Gasteiger partial charge in [0, 0.05) is 24.2 Å². The van der Waals surface area contributed by atoms with E-state index in [-0.39, 0.29) is 6.04 Å². The minimum atomic E-state index is -1.09. The summed E-state index contributed by atoms with van der Waals surface area (Å²) in [6.07, 6.45) is 5.07. The van der Waals surface area contributed by atoms with E-state index in [2.05, 4.69) is 28.5 Å². The Hall–Kier alpha value is -1.69. The molecule has 2 aromatic rings. The number of piperidine rings is 1. The summed E-state index contributed by atoms with van der Waals surface area (Å²) < 4.78 is 1.67. The summed E-state index contributed by atoms with van der Waals surface area (Å²) in [6.45, 7) is 8.30. The fourth-order valence-corrected chi connectivity index (χ4v) is 3.42. The van der Waals surface area contributed by atoms with Gasteiger partial charge in [-0.15, -0.1) is 0 Å². The highest BCUT2D eigenvalue weighted by Crippen LogP contribution is 2.33. The monoisotopic (exact) mass is 346 g/mol. The Labute approximate surface area is 147 Å². The molecule has 0 aliphatic carbocycles. The van der Waals surface area contributed by atoms with E-state index in [1.54, 1.807) is 11.0 Å². The molecule has 1 fully saturated rings.